The maximum atomic E-state index is 9.28. The fourth-order valence-electron chi connectivity index (χ4n) is 2.06. The summed E-state index contributed by atoms with van der Waals surface area (Å²) in [4.78, 5) is 4.08. The molecule has 0 atom stereocenters. The molecule has 20 heavy (non-hydrogen) atoms. The van der Waals surface area contributed by atoms with Crippen LogP contribution in [0.25, 0.3) is 5.69 Å². The normalized spacial score (nSPS) is 10.4. The molecule has 1 heterocycles. The molecule has 0 aliphatic heterocycles. The van der Waals surface area contributed by atoms with E-state index >= 15 is 0 Å². The molecule has 0 radical (unpaired) electrons. The average molecular weight is 265 g/mol. The number of nitrogens with zero attached hydrogens (tertiary/aromatic N) is 2. The van der Waals surface area contributed by atoms with Gasteiger partial charge >= 0.3 is 0 Å². The number of aromatic nitrogens is 2. The van der Waals surface area contributed by atoms with Crippen LogP contribution in [0.4, 0.5) is 5.69 Å². The summed E-state index contributed by atoms with van der Waals surface area (Å²) in [6, 6.07) is 15.3. The monoisotopic (exact) mass is 265 g/mol. The van der Waals surface area contributed by atoms with Crippen LogP contribution in [0.5, 0.6) is 5.75 Å². The lowest BCUT2D eigenvalue weighted by molar-refractivity contribution is 0.475. The predicted molar refractivity (Wildman–Crippen MR) is 79.0 cm³/mol. The van der Waals surface area contributed by atoms with Gasteiger partial charge in [-0.15, -0.1) is 0 Å². The Kier molecular flexibility index (Phi) is 3.37. The molecular weight excluding hydrogens is 250 g/mol. The summed E-state index contributed by atoms with van der Waals surface area (Å²) in [5.41, 5.74) is 3.21. The van der Waals surface area contributed by atoms with E-state index in [9.17, 15) is 5.11 Å². The van der Waals surface area contributed by atoms with Crippen LogP contribution < -0.4 is 5.32 Å². The lowest BCUT2D eigenvalue weighted by Crippen LogP contribution is -2.03. The van der Waals surface area contributed by atoms with E-state index in [2.05, 4.69) is 10.3 Å². The highest BCUT2D eigenvalue weighted by atomic mass is 16.3. The van der Waals surface area contributed by atoms with Gasteiger partial charge in [0.05, 0.1) is 17.7 Å². The zero-order valence-corrected chi connectivity index (χ0v) is 10.9. The van der Waals surface area contributed by atoms with Gasteiger partial charge in [-0.1, -0.05) is 24.3 Å². The van der Waals surface area contributed by atoms with Crippen LogP contribution in [0.15, 0.2) is 67.3 Å². The molecule has 0 saturated heterocycles. The SMILES string of the molecule is Oc1ccc(CNc2ccccc2-n2ccnc2)cc1. The van der Waals surface area contributed by atoms with Crippen molar-refractivity contribution in [1.29, 1.82) is 0 Å². The van der Waals surface area contributed by atoms with Crippen molar-refractivity contribution in [1.82, 2.24) is 9.55 Å². The van der Waals surface area contributed by atoms with Crippen molar-refractivity contribution in [2.24, 2.45) is 0 Å². The number of hydrogen-bond acceptors (Lipinski definition) is 3. The molecule has 1 aromatic heterocycles. The first kappa shape index (κ1) is 12.3. The molecule has 0 spiro atoms. The van der Waals surface area contributed by atoms with Gasteiger partial charge in [0.2, 0.25) is 0 Å². The van der Waals surface area contributed by atoms with Gasteiger partial charge in [0.1, 0.15) is 5.75 Å². The molecule has 4 heteroatoms. The Bertz CT molecular complexity index is 675. The molecule has 4 nitrogen and oxygen atoms in total. The molecule has 0 aliphatic rings. The summed E-state index contributed by atoms with van der Waals surface area (Å²) in [5.74, 6) is 0.285. The summed E-state index contributed by atoms with van der Waals surface area (Å²) >= 11 is 0. The largest absolute Gasteiger partial charge is 0.508 e. The van der Waals surface area contributed by atoms with E-state index in [0.29, 0.717) is 6.54 Å². The van der Waals surface area contributed by atoms with Crippen LogP contribution in [-0.4, -0.2) is 14.7 Å². The van der Waals surface area contributed by atoms with Crippen molar-refractivity contribution in [3.63, 3.8) is 0 Å². The lowest BCUT2D eigenvalue weighted by atomic mass is 10.2. The Morgan fingerprint density at radius 3 is 2.60 bits per heavy atom. The summed E-state index contributed by atoms with van der Waals surface area (Å²) in [5, 5.41) is 12.7. The van der Waals surface area contributed by atoms with Crippen molar-refractivity contribution in [3.05, 3.63) is 72.8 Å². The zero-order valence-electron chi connectivity index (χ0n) is 10.9. The van der Waals surface area contributed by atoms with Crippen molar-refractivity contribution < 1.29 is 5.11 Å². The Hall–Kier alpha value is -2.75. The van der Waals surface area contributed by atoms with E-state index in [1.165, 1.54) is 0 Å². The van der Waals surface area contributed by atoms with Crippen molar-refractivity contribution >= 4 is 5.69 Å². The second-order valence-electron chi connectivity index (χ2n) is 4.51. The molecule has 0 unspecified atom stereocenters. The van der Waals surface area contributed by atoms with Gasteiger partial charge in [0.25, 0.3) is 0 Å². The van der Waals surface area contributed by atoms with Crippen LogP contribution in [0, 0.1) is 0 Å². The Balaban J connectivity index is 1.79. The van der Waals surface area contributed by atoms with E-state index in [4.69, 9.17) is 0 Å². The first-order valence-electron chi connectivity index (χ1n) is 6.42. The first-order valence-corrected chi connectivity index (χ1v) is 6.42. The molecule has 0 saturated carbocycles. The maximum Gasteiger partial charge on any atom is 0.115 e. The van der Waals surface area contributed by atoms with Crippen LogP contribution in [0.2, 0.25) is 0 Å². The molecule has 0 bridgehead atoms. The second-order valence-corrected chi connectivity index (χ2v) is 4.51. The molecule has 0 aliphatic carbocycles. The van der Waals surface area contributed by atoms with E-state index in [0.717, 1.165) is 16.9 Å². The van der Waals surface area contributed by atoms with Crippen molar-refractivity contribution in [2.75, 3.05) is 5.32 Å². The Morgan fingerprint density at radius 2 is 1.85 bits per heavy atom. The van der Waals surface area contributed by atoms with E-state index in [1.807, 2.05) is 47.2 Å². The maximum absolute atomic E-state index is 9.28. The zero-order chi connectivity index (χ0) is 13.8. The Labute approximate surface area is 117 Å². The molecular formula is C16H15N3O. The topological polar surface area (TPSA) is 50.1 Å². The van der Waals surface area contributed by atoms with Gasteiger partial charge in [-0.3, -0.25) is 0 Å². The van der Waals surface area contributed by atoms with Gasteiger partial charge in [-0.2, -0.15) is 0 Å². The van der Waals surface area contributed by atoms with Gasteiger partial charge in [-0.05, 0) is 29.8 Å². The highest BCUT2D eigenvalue weighted by Gasteiger charge is 2.03. The predicted octanol–water partition coefficient (Wildman–Crippen LogP) is 3.19. The number of para-hydroxylation sites is 2. The van der Waals surface area contributed by atoms with Crippen LogP contribution in [0.3, 0.4) is 0 Å². The van der Waals surface area contributed by atoms with Gasteiger partial charge < -0.3 is 15.0 Å². The van der Waals surface area contributed by atoms with Gasteiger partial charge in [0.15, 0.2) is 0 Å². The number of imidazole rings is 1. The molecule has 0 fully saturated rings. The smallest absolute Gasteiger partial charge is 0.115 e. The highest BCUT2D eigenvalue weighted by molar-refractivity contribution is 5.61. The Morgan fingerprint density at radius 1 is 1.05 bits per heavy atom. The first-order chi connectivity index (χ1) is 9.83. The molecule has 3 rings (SSSR count). The minimum absolute atomic E-state index is 0.285. The number of phenols is 1. The number of benzene rings is 2. The minimum Gasteiger partial charge on any atom is -0.508 e. The van der Waals surface area contributed by atoms with Crippen LogP contribution in [-0.2, 0) is 6.54 Å². The summed E-state index contributed by atoms with van der Waals surface area (Å²) in [6.07, 6.45) is 5.46. The molecule has 100 valence electrons. The number of aromatic hydroxyl groups is 1. The lowest BCUT2D eigenvalue weighted by Gasteiger charge is -2.12. The molecule has 2 N–H and O–H groups in total. The quantitative estimate of drug-likeness (QED) is 0.761. The number of phenolic OH excluding ortho intramolecular Hbond substituents is 1. The van der Waals surface area contributed by atoms with Crippen LogP contribution in [0.1, 0.15) is 5.56 Å². The number of hydrogen-bond donors (Lipinski definition) is 2. The van der Waals surface area contributed by atoms with Crippen molar-refractivity contribution in [3.8, 4) is 11.4 Å². The average Bonchev–Trinajstić information content (AvgIpc) is 3.01. The number of anilines is 1. The summed E-state index contributed by atoms with van der Waals surface area (Å²) < 4.78 is 1.97. The fourth-order valence-corrected chi connectivity index (χ4v) is 2.06. The third-order valence-corrected chi connectivity index (χ3v) is 3.11. The van der Waals surface area contributed by atoms with E-state index in [1.54, 1.807) is 24.7 Å². The number of rotatable bonds is 4. The standard InChI is InChI=1S/C16H15N3O/c20-14-7-5-13(6-8-14)11-18-15-3-1-2-4-16(15)19-10-9-17-12-19/h1-10,12,18,20H,11H2. The molecule has 3 aromatic rings. The highest BCUT2D eigenvalue weighted by Crippen LogP contribution is 2.20. The molecule has 2 aromatic carbocycles. The second kappa shape index (κ2) is 5.48. The van der Waals surface area contributed by atoms with Crippen molar-refractivity contribution in [2.45, 2.75) is 6.54 Å². The summed E-state index contributed by atoms with van der Waals surface area (Å²) in [7, 11) is 0. The van der Waals surface area contributed by atoms with Gasteiger partial charge in [0, 0.05) is 18.9 Å². The fraction of sp³-hybridized carbons (Fsp3) is 0.0625. The van der Waals surface area contributed by atoms with Crippen LogP contribution >= 0.6 is 0 Å². The van der Waals surface area contributed by atoms with E-state index in [-0.39, 0.29) is 5.75 Å². The number of nitrogens with one attached hydrogen (secondary N) is 1. The molecule has 0 amide bonds. The summed E-state index contributed by atoms with van der Waals surface area (Å²) in [6.45, 7) is 0.700. The minimum atomic E-state index is 0.285. The third kappa shape index (κ3) is 2.64. The van der Waals surface area contributed by atoms with E-state index < -0.39 is 0 Å². The third-order valence-electron chi connectivity index (χ3n) is 3.11. The van der Waals surface area contributed by atoms with Gasteiger partial charge in [-0.25, -0.2) is 4.98 Å².